The van der Waals surface area contributed by atoms with E-state index in [9.17, 15) is 14.7 Å². The highest BCUT2D eigenvalue weighted by Gasteiger charge is 2.22. The first-order chi connectivity index (χ1) is 14.2. The first-order valence-electron chi connectivity index (χ1n) is 11.1. The van der Waals surface area contributed by atoms with Gasteiger partial charge in [-0.2, -0.15) is 0 Å². The second-order valence-electron chi connectivity index (χ2n) is 7.95. The molecule has 2 amide bonds. The third kappa shape index (κ3) is 9.75. The van der Waals surface area contributed by atoms with E-state index in [2.05, 4.69) is 10.6 Å². The molecule has 0 heterocycles. The van der Waals surface area contributed by atoms with Gasteiger partial charge < -0.3 is 15.7 Å². The molecule has 1 aliphatic rings. The lowest BCUT2D eigenvalue weighted by molar-refractivity contribution is -0.128. The lowest BCUT2D eigenvalue weighted by Crippen LogP contribution is -2.51. The number of carbonyl (C=O) groups is 2. The van der Waals surface area contributed by atoms with E-state index in [1.807, 2.05) is 30.3 Å². The van der Waals surface area contributed by atoms with Crippen LogP contribution in [-0.2, 0) is 9.59 Å². The summed E-state index contributed by atoms with van der Waals surface area (Å²) >= 11 is 0. The maximum Gasteiger partial charge on any atom is 0.245 e. The van der Waals surface area contributed by atoms with Gasteiger partial charge in [0.25, 0.3) is 0 Å². The summed E-state index contributed by atoms with van der Waals surface area (Å²) in [7, 11) is 0. The summed E-state index contributed by atoms with van der Waals surface area (Å²) in [5, 5.41) is 15.3. The van der Waals surface area contributed by atoms with E-state index in [1.165, 1.54) is 51.0 Å². The van der Waals surface area contributed by atoms with Crippen LogP contribution in [0, 0.1) is 0 Å². The fraction of sp³-hybridized carbons (Fsp3) is 0.583. The quantitative estimate of drug-likeness (QED) is 0.632. The zero-order valence-corrected chi connectivity index (χ0v) is 17.4. The standard InChI is InChI=1S/C24H36N2O3/c27-19-22(26-23(28)18-17-20-13-9-8-10-14-20)24(29)25-21-15-11-6-4-2-1-3-5-7-12-16-21/h8-10,13-14,17-18,21-22,27H,1-7,11-12,15-16,19H2,(H,25,29)(H,26,28). The molecule has 0 bridgehead atoms. The predicted molar refractivity (Wildman–Crippen MR) is 117 cm³/mol. The first kappa shape index (κ1) is 23.1. The van der Waals surface area contributed by atoms with Crippen molar-refractivity contribution < 1.29 is 14.7 Å². The number of nitrogens with one attached hydrogen (secondary N) is 2. The van der Waals surface area contributed by atoms with Crippen LogP contribution in [0.4, 0.5) is 0 Å². The van der Waals surface area contributed by atoms with Gasteiger partial charge in [0.2, 0.25) is 11.8 Å². The summed E-state index contributed by atoms with van der Waals surface area (Å²) in [4.78, 5) is 24.8. The second-order valence-corrected chi connectivity index (χ2v) is 7.95. The highest BCUT2D eigenvalue weighted by atomic mass is 16.3. The van der Waals surface area contributed by atoms with Crippen LogP contribution in [0.25, 0.3) is 6.08 Å². The van der Waals surface area contributed by atoms with E-state index in [0.717, 1.165) is 31.2 Å². The predicted octanol–water partition coefficient (Wildman–Crippen LogP) is 3.97. The summed E-state index contributed by atoms with van der Waals surface area (Å²) in [5.74, 6) is -0.687. The van der Waals surface area contributed by atoms with Crippen molar-refractivity contribution in [3.63, 3.8) is 0 Å². The molecule has 1 aliphatic carbocycles. The minimum Gasteiger partial charge on any atom is -0.394 e. The Balaban J connectivity index is 1.84. The number of rotatable bonds is 6. The molecule has 2 rings (SSSR count). The van der Waals surface area contributed by atoms with Gasteiger partial charge in [0.1, 0.15) is 6.04 Å². The molecular formula is C24H36N2O3. The van der Waals surface area contributed by atoms with Crippen LogP contribution in [0.1, 0.15) is 76.2 Å². The van der Waals surface area contributed by atoms with Crippen molar-refractivity contribution in [3.8, 4) is 0 Å². The molecule has 0 radical (unpaired) electrons. The van der Waals surface area contributed by atoms with Crippen molar-refractivity contribution >= 4 is 17.9 Å². The van der Waals surface area contributed by atoms with Crippen LogP contribution in [0.15, 0.2) is 36.4 Å². The van der Waals surface area contributed by atoms with Crippen molar-refractivity contribution in [1.82, 2.24) is 10.6 Å². The van der Waals surface area contributed by atoms with E-state index in [-0.39, 0.29) is 17.9 Å². The van der Waals surface area contributed by atoms with Gasteiger partial charge in [-0.15, -0.1) is 0 Å². The fourth-order valence-electron chi connectivity index (χ4n) is 3.76. The topological polar surface area (TPSA) is 78.4 Å². The Labute approximate surface area is 175 Å². The number of aliphatic hydroxyl groups is 1. The highest BCUT2D eigenvalue weighted by molar-refractivity contribution is 5.95. The van der Waals surface area contributed by atoms with Crippen molar-refractivity contribution in [2.75, 3.05) is 6.61 Å². The average molecular weight is 401 g/mol. The number of aliphatic hydroxyl groups excluding tert-OH is 1. The molecule has 5 heteroatoms. The molecule has 160 valence electrons. The molecule has 1 fully saturated rings. The summed E-state index contributed by atoms with van der Waals surface area (Å²) < 4.78 is 0. The van der Waals surface area contributed by atoms with Crippen LogP contribution < -0.4 is 10.6 Å². The SMILES string of the molecule is O=C(C=Cc1ccccc1)NC(CO)C(=O)NC1CCCCCCCCCCC1. The van der Waals surface area contributed by atoms with Crippen LogP contribution in [0.5, 0.6) is 0 Å². The van der Waals surface area contributed by atoms with Crippen molar-refractivity contribution in [2.45, 2.75) is 82.7 Å². The molecule has 1 unspecified atom stereocenters. The van der Waals surface area contributed by atoms with Crippen molar-refractivity contribution in [3.05, 3.63) is 42.0 Å². The normalized spacial score (nSPS) is 18.4. The first-order valence-corrected chi connectivity index (χ1v) is 11.1. The number of benzene rings is 1. The highest BCUT2D eigenvalue weighted by Crippen LogP contribution is 2.17. The largest absolute Gasteiger partial charge is 0.394 e. The fourth-order valence-corrected chi connectivity index (χ4v) is 3.76. The minimum atomic E-state index is -0.927. The zero-order chi connectivity index (χ0) is 20.7. The third-order valence-corrected chi connectivity index (χ3v) is 5.49. The molecule has 5 nitrogen and oxygen atoms in total. The maximum atomic E-state index is 12.6. The Bertz CT molecular complexity index is 618. The maximum absolute atomic E-state index is 12.6. The molecule has 0 aliphatic heterocycles. The molecule has 1 aromatic rings. The van der Waals surface area contributed by atoms with E-state index in [1.54, 1.807) is 6.08 Å². The minimum absolute atomic E-state index is 0.118. The zero-order valence-electron chi connectivity index (χ0n) is 17.4. The molecule has 0 aromatic heterocycles. The van der Waals surface area contributed by atoms with Crippen molar-refractivity contribution in [2.24, 2.45) is 0 Å². The summed E-state index contributed by atoms with van der Waals surface area (Å²) in [6.45, 7) is -0.413. The number of hydrogen-bond donors (Lipinski definition) is 3. The number of carbonyl (C=O) groups excluding carboxylic acids is 2. The Kier molecular flexibility index (Phi) is 11.1. The molecule has 29 heavy (non-hydrogen) atoms. The molecule has 0 spiro atoms. The van der Waals surface area contributed by atoms with Crippen molar-refractivity contribution in [1.29, 1.82) is 0 Å². The molecule has 0 saturated heterocycles. The van der Waals surface area contributed by atoms with Gasteiger partial charge in [0.05, 0.1) is 6.61 Å². The summed E-state index contributed by atoms with van der Waals surface area (Å²) in [6.07, 6.45) is 16.1. The molecule has 3 N–H and O–H groups in total. The van der Waals surface area contributed by atoms with E-state index >= 15 is 0 Å². The lowest BCUT2D eigenvalue weighted by atomic mass is 9.97. The van der Waals surface area contributed by atoms with Gasteiger partial charge in [0.15, 0.2) is 0 Å². The van der Waals surface area contributed by atoms with Crippen LogP contribution in [-0.4, -0.2) is 35.6 Å². The van der Waals surface area contributed by atoms with E-state index in [0.29, 0.717) is 0 Å². The Hall–Kier alpha value is -2.14. The van der Waals surface area contributed by atoms with Gasteiger partial charge >= 0.3 is 0 Å². The Morgan fingerprint density at radius 1 is 0.931 bits per heavy atom. The van der Waals surface area contributed by atoms with E-state index < -0.39 is 12.6 Å². The monoisotopic (exact) mass is 400 g/mol. The van der Waals surface area contributed by atoms with Gasteiger partial charge in [-0.3, -0.25) is 9.59 Å². The average Bonchev–Trinajstić information content (AvgIpc) is 2.73. The van der Waals surface area contributed by atoms with Crippen LogP contribution in [0.2, 0.25) is 0 Å². The number of amides is 2. The summed E-state index contributed by atoms with van der Waals surface area (Å²) in [6, 6.07) is 8.67. The Morgan fingerprint density at radius 3 is 2.03 bits per heavy atom. The molecule has 1 atom stereocenters. The smallest absolute Gasteiger partial charge is 0.245 e. The van der Waals surface area contributed by atoms with Gasteiger partial charge in [-0.05, 0) is 24.5 Å². The van der Waals surface area contributed by atoms with Gasteiger partial charge in [-0.25, -0.2) is 0 Å². The lowest BCUT2D eigenvalue weighted by Gasteiger charge is -2.23. The van der Waals surface area contributed by atoms with Gasteiger partial charge in [0, 0.05) is 12.1 Å². The number of hydrogen-bond acceptors (Lipinski definition) is 3. The Morgan fingerprint density at radius 2 is 1.48 bits per heavy atom. The van der Waals surface area contributed by atoms with Gasteiger partial charge in [-0.1, -0.05) is 88.1 Å². The third-order valence-electron chi connectivity index (χ3n) is 5.49. The summed E-state index contributed by atoms with van der Waals surface area (Å²) in [5.41, 5.74) is 0.904. The van der Waals surface area contributed by atoms with Crippen LogP contribution >= 0.6 is 0 Å². The van der Waals surface area contributed by atoms with E-state index in [4.69, 9.17) is 0 Å². The van der Waals surface area contributed by atoms with Crippen LogP contribution in [0.3, 0.4) is 0 Å². The molecule has 1 saturated carbocycles. The molecule has 1 aromatic carbocycles. The second kappa shape index (κ2) is 13.9. The molecular weight excluding hydrogens is 364 g/mol.